The van der Waals surface area contributed by atoms with Crippen LogP contribution in [0.4, 0.5) is 0 Å². The number of nitrogens with zero attached hydrogens (tertiary/aromatic N) is 2. The molecule has 2 fully saturated rings. The standard InChI is InChI=1S/C14H27N3O2/c1-16(2)12-4-3-7-17(10-12)14(18)13(15)11-5-8-19-9-6-11/h11-13H,3-10,15H2,1-2H3. The monoisotopic (exact) mass is 269 g/mol. The van der Waals surface area contributed by atoms with Crippen LogP contribution in [0.15, 0.2) is 0 Å². The largest absolute Gasteiger partial charge is 0.381 e. The molecule has 2 aliphatic rings. The highest BCUT2D eigenvalue weighted by Crippen LogP contribution is 2.21. The van der Waals surface area contributed by atoms with E-state index >= 15 is 0 Å². The third-order valence-corrected chi connectivity index (χ3v) is 4.50. The van der Waals surface area contributed by atoms with Gasteiger partial charge in [-0.3, -0.25) is 4.79 Å². The first-order chi connectivity index (χ1) is 9.09. The first-order valence-electron chi connectivity index (χ1n) is 7.38. The van der Waals surface area contributed by atoms with Crippen molar-refractivity contribution in [2.24, 2.45) is 11.7 Å². The van der Waals surface area contributed by atoms with Crippen molar-refractivity contribution < 1.29 is 9.53 Å². The quantitative estimate of drug-likeness (QED) is 0.800. The molecule has 0 aromatic rings. The van der Waals surface area contributed by atoms with Crippen molar-refractivity contribution in [1.29, 1.82) is 0 Å². The summed E-state index contributed by atoms with van der Waals surface area (Å²) in [5.74, 6) is 0.430. The summed E-state index contributed by atoms with van der Waals surface area (Å²) in [6, 6.07) is 0.129. The van der Waals surface area contributed by atoms with Gasteiger partial charge in [-0.05, 0) is 45.7 Å². The van der Waals surface area contributed by atoms with Gasteiger partial charge in [0.1, 0.15) is 0 Å². The highest BCUT2D eigenvalue weighted by Gasteiger charge is 2.32. The van der Waals surface area contributed by atoms with Crippen molar-refractivity contribution in [3.63, 3.8) is 0 Å². The third kappa shape index (κ3) is 3.68. The lowest BCUT2D eigenvalue weighted by molar-refractivity contribution is -0.136. The lowest BCUT2D eigenvalue weighted by atomic mass is 9.91. The Kier molecular flexibility index (Phi) is 5.19. The highest BCUT2D eigenvalue weighted by molar-refractivity contribution is 5.82. The molecule has 2 aliphatic heterocycles. The van der Waals surface area contributed by atoms with E-state index in [4.69, 9.17) is 10.5 Å². The maximum Gasteiger partial charge on any atom is 0.239 e. The van der Waals surface area contributed by atoms with Gasteiger partial charge in [-0.1, -0.05) is 0 Å². The molecule has 0 radical (unpaired) electrons. The van der Waals surface area contributed by atoms with Gasteiger partial charge in [0.25, 0.3) is 0 Å². The maximum absolute atomic E-state index is 12.5. The van der Waals surface area contributed by atoms with E-state index in [0.717, 1.165) is 45.6 Å². The van der Waals surface area contributed by atoms with Crippen molar-refractivity contribution in [3.05, 3.63) is 0 Å². The summed E-state index contributed by atoms with van der Waals surface area (Å²) in [4.78, 5) is 16.7. The number of hydrogen-bond donors (Lipinski definition) is 1. The van der Waals surface area contributed by atoms with Gasteiger partial charge in [0.2, 0.25) is 5.91 Å². The number of likely N-dealkylation sites (tertiary alicyclic amines) is 1. The smallest absolute Gasteiger partial charge is 0.239 e. The molecule has 110 valence electrons. The molecule has 0 saturated carbocycles. The van der Waals surface area contributed by atoms with Crippen LogP contribution < -0.4 is 5.73 Å². The van der Waals surface area contributed by atoms with Crippen LogP contribution in [0.3, 0.4) is 0 Å². The second kappa shape index (κ2) is 6.68. The molecule has 0 spiro atoms. The molecule has 0 bridgehead atoms. The van der Waals surface area contributed by atoms with Gasteiger partial charge in [-0.2, -0.15) is 0 Å². The Balaban J connectivity index is 1.90. The molecule has 2 rings (SSSR count). The van der Waals surface area contributed by atoms with Crippen LogP contribution in [-0.4, -0.2) is 68.2 Å². The second-order valence-corrected chi connectivity index (χ2v) is 6.02. The molecule has 0 aromatic carbocycles. The zero-order chi connectivity index (χ0) is 13.8. The number of amides is 1. The van der Waals surface area contributed by atoms with Crippen LogP contribution in [0, 0.1) is 5.92 Å². The van der Waals surface area contributed by atoms with Crippen molar-refractivity contribution >= 4 is 5.91 Å². The van der Waals surface area contributed by atoms with Gasteiger partial charge < -0.3 is 20.3 Å². The van der Waals surface area contributed by atoms with E-state index < -0.39 is 0 Å². The summed E-state index contributed by atoms with van der Waals surface area (Å²) in [6.07, 6.45) is 4.08. The van der Waals surface area contributed by atoms with E-state index in [1.165, 1.54) is 6.42 Å². The fraction of sp³-hybridized carbons (Fsp3) is 0.929. The molecule has 2 atom stereocenters. The summed E-state index contributed by atoms with van der Waals surface area (Å²) >= 11 is 0. The molecule has 19 heavy (non-hydrogen) atoms. The Morgan fingerprint density at radius 2 is 2.00 bits per heavy atom. The van der Waals surface area contributed by atoms with Gasteiger partial charge in [0.15, 0.2) is 0 Å². The number of piperidine rings is 1. The Labute approximate surface area is 116 Å². The summed E-state index contributed by atoms with van der Waals surface area (Å²) in [6.45, 7) is 3.17. The minimum atomic E-state index is -0.343. The van der Waals surface area contributed by atoms with E-state index in [2.05, 4.69) is 19.0 Å². The molecule has 2 N–H and O–H groups in total. The number of likely N-dealkylation sites (N-methyl/N-ethyl adjacent to an activating group) is 1. The van der Waals surface area contributed by atoms with Gasteiger partial charge in [-0.15, -0.1) is 0 Å². The van der Waals surface area contributed by atoms with E-state index in [1.54, 1.807) is 0 Å². The molecule has 0 aliphatic carbocycles. The van der Waals surface area contributed by atoms with E-state index in [-0.39, 0.29) is 11.9 Å². The number of hydrogen-bond acceptors (Lipinski definition) is 4. The lowest BCUT2D eigenvalue weighted by Gasteiger charge is -2.38. The fourth-order valence-electron chi connectivity index (χ4n) is 3.06. The van der Waals surface area contributed by atoms with Crippen LogP contribution in [0.25, 0.3) is 0 Å². The van der Waals surface area contributed by atoms with Gasteiger partial charge in [0.05, 0.1) is 6.04 Å². The van der Waals surface area contributed by atoms with E-state index in [1.807, 2.05) is 4.90 Å². The van der Waals surface area contributed by atoms with Gasteiger partial charge in [-0.25, -0.2) is 0 Å². The van der Waals surface area contributed by atoms with Crippen molar-refractivity contribution in [2.45, 2.75) is 37.8 Å². The summed E-state index contributed by atoms with van der Waals surface area (Å²) < 4.78 is 5.34. The predicted molar refractivity (Wildman–Crippen MR) is 74.8 cm³/mol. The Bertz CT molecular complexity index is 303. The summed E-state index contributed by atoms with van der Waals surface area (Å²) in [7, 11) is 4.16. The fourth-order valence-corrected chi connectivity index (χ4v) is 3.06. The average Bonchev–Trinajstić information content (AvgIpc) is 2.46. The third-order valence-electron chi connectivity index (χ3n) is 4.50. The second-order valence-electron chi connectivity index (χ2n) is 6.02. The molecule has 5 nitrogen and oxygen atoms in total. The first-order valence-corrected chi connectivity index (χ1v) is 7.38. The van der Waals surface area contributed by atoms with Crippen molar-refractivity contribution in [2.75, 3.05) is 40.4 Å². The van der Waals surface area contributed by atoms with Gasteiger partial charge >= 0.3 is 0 Å². The summed E-state index contributed by atoms with van der Waals surface area (Å²) in [5, 5.41) is 0. The van der Waals surface area contributed by atoms with Crippen LogP contribution >= 0.6 is 0 Å². The molecule has 2 unspecified atom stereocenters. The number of nitrogens with two attached hydrogens (primary N) is 1. The van der Waals surface area contributed by atoms with E-state index in [0.29, 0.717) is 12.0 Å². The predicted octanol–water partition coefficient (Wildman–Crippen LogP) is 0.293. The zero-order valence-electron chi connectivity index (χ0n) is 12.2. The average molecular weight is 269 g/mol. The van der Waals surface area contributed by atoms with Crippen LogP contribution in [0.2, 0.25) is 0 Å². The molecular formula is C14H27N3O2. The van der Waals surface area contributed by atoms with Crippen molar-refractivity contribution in [1.82, 2.24) is 9.80 Å². The first kappa shape index (κ1) is 14.8. The number of carbonyl (C=O) groups is 1. The number of rotatable bonds is 3. The Morgan fingerprint density at radius 1 is 1.32 bits per heavy atom. The minimum absolute atomic E-state index is 0.137. The van der Waals surface area contributed by atoms with Crippen LogP contribution in [0.1, 0.15) is 25.7 Å². The number of carbonyl (C=O) groups excluding carboxylic acids is 1. The SMILES string of the molecule is CN(C)C1CCCN(C(=O)C(N)C2CCOCC2)C1. The minimum Gasteiger partial charge on any atom is -0.381 e. The van der Waals surface area contributed by atoms with Crippen LogP contribution in [-0.2, 0) is 9.53 Å². The topological polar surface area (TPSA) is 58.8 Å². The molecule has 1 amide bonds. The van der Waals surface area contributed by atoms with Crippen LogP contribution in [0.5, 0.6) is 0 Å². The highest BCUT2D eigenvalue weighted by atomic mass is 16.5. The maximum atomic E-state index is 12.5. The number of ether oxygens (including phenoxy) is 1. The molecule has 5 heteroatoms. The lowest BCUT2D eigenvalue weighted by Crippen LogP contribution is -2.54. The van der Waals surface area contributed by atoms with E-state index in [9.17, 15) is 4.79 Å². The van der Waals surface area contributed by atoms with Crippen molar-refractivity contribution in [3.8, 4) is 0 Å². The molecule has 2 saturated heterocycles. The summed E-state index contributed by atoms with van der Waals surface area (Å²) in [5.41, 5.74) is 6.18. The Morgan fingerprint density at radius 3 is 2.63 bits per heavy atom. The Hall–Kier alpha value is -0.650. The molecule has 2 heterocycles. The molecule has 0 aromatic heterocycles. The van der Waals surface area contributed by atoms with Gasteiger partial charge in [0, 0.05) is 32.3 Å². The normalized spacial score (nSPS) is 27.6. The zero-order valence-corrected chi connectivity index (χ0v) is 12.2. The molecular weight excluding hydrogens is 242 g/mol.